The number of hydrogen-bond acceptors (Lipinski definition) is 2. The van der Waals surface area contributed by atoms with E-state index in [2.05, 4.69) is 40.9 Å². The van der Waals surface area contributed by atoms with Crippen LogP contribution in [0.25, 0.3) is 0 Å². The Hall–Kier alpha value is -0.490. The number of methoxy groups -OCH3 is 1. The number of rotatable bonds is 5. The summed E-state index contributed by atoms with van der Waals surface area (Å²) in [6.45, 7) is 2.92. The lowest BCUT2D eigenvalue weighted by molar-refractivity contribution is 0.414. The molecule has 0 aliphatic carbocycles. The van der Waals surface area contributed by atoms with Crippen molar-refractivity contribution >= 4 is 45.8 Å². The van der Waals surface area contributed by atoms with Crippen LogP contribution < -0.4 is 10.1 Å². The molecule has 1 N–H and O–H groups in total. The van der Waals surface area contributed by atoms with E-state index in [0.29, 0.717) is 10.8 Å². The fourth-order valence-corrected chi connectivity index (χ4v) is 2.98. The fourth-order valence-electron chi connectivity index (χ4n) is 2.19. The molecule has 0 fully saturated rings. The summed E-state index contributed by atoms with van der Waals surface area (Å²) in [5.74, 6) is 0.677. The zero-order chi connectivity index (χ0) is 15.4. The molecular weight excluding hydrogens is 420 g/mol. The van der Waals surface area contributed by atoms with Crippen LogP contribution in [0.3, 0.4) is 0 Å². The van der Waals surface area contributed by atoms with Crippen molar-refractivity contribution in [3.63, 3.8) is 0 Å². The zero-order valence-electron chi connectivity index (χ0n) is 11.8. The summed E-state index contributed by atoms with van der Waals surface area (Å²) in [6, 6.07) is 12.0. The zero-order valence-corrected chi connectivity index (χ0v) is 15.5. The summed E-state index contributed by atoms with van der Waals surface area (Å²) in [5.41, 5.74) is 2.20. The molecule has 2 aromatic carbocycles. The van der Waals surface area contributed by atoms with E-state index in [9.17, 15) is 0 Å². The van der Waals surface area contributed by atoms with Crippen molar-refractivity contribution in [2.45, 2.75) is 13.0 Å². The monoisotopic (exact) mass is 435 g/mol. The van der Waals surface area contributed by atoms with Gasteiger partial charge in [0.05, 0.1) is 23.2 Å². The van der Waals surface area contributed by atoms with Gasteiger partial charge in [-0.1, -0.05) is 42.3 Å². The fraction of sp³-hybridized carbons (Fsp3) is 0.250. The third kappa shape index (κ3) is 4.03. The maximum atomic E-state index is 6.24. The van der Waals surface area contributed by atoms with Gasteiger partial charge in [0.2, 0.25) is 0 Å². The Labute approximate surface area is 148 Å². The van der Waals surface area contributed by atoms with Crippen molar-refractivity contribution in [1.82, 2.24) is 5.32 Å². The average molecular weight is 436 g/mol. The normalized spacial score (nSPS) is 12.2. The average Bonchev–Trinajstić information content (AvgIpc) is 2.48. The number of benzene rings is 2. The Kier molecular flexibility index (Phi) is 6.17. The molecule has 0 heterocycles. The summed E-state index contributed by atoms with van der Waals surface area (Å²) in [5, 5.41) is 4.83. The minimum absolute atomic E-state index is 0.0490. The summed E-state index contributed by atoms with van der Waals surface area (Å²) < 4.78 is 6.25. The predicted molar refractivity (Wildman–Crippen MR) is 97.7 cm³/mol. The highest BCUT2D eigenvalue weighted by Gasteiger charge is 2.15. The molecule has 0 aliphatic heterocycles. The van der Waals surface area contributed by atoms with Crippen LogP contribution >= 0.6 is 45.8 Å². The van der Waals surface area contributed by atoms with Crippen LogP contribution in [0.5, 0.6) is 5.75 Å². The number of ether oxygens (including phenoxy) is 1. The molecule has 2 rings (SSSR count). The summed E-state index contributed by atoms with van der Waals surface area (Å²) in [4.78, 5) is 0. The number of hydrogen-bond donors (Lipinski definition) is 1. The molecule has 5 heteroatoms. The molecule has 0 amide bonds. The molecular formula is C16H16Cl2INO. The molecule has 0 saturated carbocycles. The van der Waals surface area contributed by atoms with E-state index in [1.165, 1.54) is 0 Å². The van der Waals surface area contributed by atoms with Crippen molar-refractivity contribution < 1.29 is 4.74 Å². The molecule has 0 aliphatic rings. The summed E-state index contributed by atoms with van der Waals surface area (Å²) in [6.07, 6.45) is 0. The highest BCUT2D eigenvalue weighted by molar-refractivity contribution is 14.1. The number of nitrogens with one attached hydrogen (secondary N) is 1. The largest absolute Gasteiger partial charge is 0.495 e. The van der Waals surface area contributed by atoms with Crippen LogP contribution in [0.15, 0.2) is 36.4 Å². The lowest BCUT2D eigenvalue weighted by Crippen LogP contribution is -2.22. The molecule has 0 radical (unpaired) electrons. The third-order valence-electron chi connectivity index (χ3n) is 3.19. The van der Waals surface area contributed by atoms with Crippen molar-refractivity contribution in [3.05, 3.63) is 61.1 Å². The van der Waals surface area contributed by atoms with Crippen molar-refractivity contribution in [2.24, 2.45) is 0 Å². The van der Waals surface area contributed by atoms with Gasteiger partial charge in [-0.2, -0.15) is 0 Å². The standard InChI is InChI=1S/C16H16Cl2INO/c1-3-20-16(10-4-6-14(19)12(17)8-10)11-5-7-15(21-2)13(18)9-11/h4-9,16,20H,3H2,1-2H3. The van der Waals surface area contributed by atoms with Gasteiger partial charge < -0.3 is 10.1 Å². The molecule has 1 atom stereocenters. The van der Waals surface area contributed by atoms with Crippen LogP contribution in [0, 0.1) is 3.57 Å². The van der Waals surface area contributed by atoms with Gasteiger partial charge in [-0.3, -0.25) is 0 Å². The first-order chi connectivity index (χ1) is 10.1. The lowest BCUT2D eigenvalue weighted by Gasteiger charge is -2.20. The lowest BCUT2D eigenvalue weighted by atomic mass is 9.98. The molecule has 2 nitrogen and oxygen atoms in total. The van der Waals surface area contributed by atoms with Gasteiger partial charge in [-0.05, 0) is 64.5 Å². The Morgan fingerprint density at radius 2 is 1.71 bits per heavy atom. The molecule has 0 aromatic heterocycles. The van der Waals surface area contributed by atoms with E-state index in [-0.39, 0.29) is 6.04 Å². The SMILES string of the molecule is CCNC(c1ccc(I)c(Cl)c1)c1ccc(OC)c(Cl)c1. The molecule has 21 heavy (non-hydrogen) atoms. The molecule has 0 saturated heterocycles. The van der Waals surface area contributed by atoms with Crippen LogP contribution in [-0.2, 0) is 0 Å². The second-order valence-corrected chi connectivity index (χ2v) is 6.53. The minimum atomic E-state index is 0.0490. The van der Waals surface area contributed by atoms with Gasteiger partial charge in [-0.15, -0.1) is 0 Å². The van der Waals surface area contributed by atoms with Gasteiger partial charge in [-0.25, -0.2) is 0 Å². The Morgan fingerprint density at radius 3 is 2.24 bits per heavy atom. The molecule has 112 valence electrons. The van der Waals surface area contributed by atoms with E-state index in [4.69, 9.17) is 27.9 Å². The Morgan fingerprint density at radius 1 is 1.10 bits per heavy atom. The van der Waals surface area contributed by atoms with E-state index in [1.54, 1.807) is 7.11 Å². The van der Waals surface area contributed by atoms with E-state index in [1.807, 2.05) is 30.3 Å². The first-order valence-corrected chi connectivity index (χ1v) is 8.42. The van der Waals surface area contributed by atoms with Gasteiger partial charge in [0, 0.05) is 3.57 Å². The van der Waals surface area contributed by atoms with E-state index in [0.717, 1.165) is 26.3 Å². The van der Waals surface area contributed by atoms with Gasteiger partial charge in [0.25, 0.3) is 0 Å². The molecule has 1 unspecified atom stereocenters. The van der Waals surface area contributed by atoms with Crippen molar-refractivity contribution in [3.8, 4) is 5.75 Å². The minimum Gasteiger partial charge on any atom is -0.495 e. The Bertz CT molecular complexity index is 634. The van der Waals surface area contributed by atoms with E-state index >= 15 is 0 Å². The maximum absolute atomic E-state index is 6.24. The van der Waals surface area contributed by atoms with Crippen LogP contribution in [0.4, 0.5) is 0 Å². The molecule has 2 aromatic rings. The van der Waals surface area contributed by atoms with Crippen LogP contribution in [0.1, 0.15) is 24.1 Å². The smallest absolute Gasteiger partial charge is 0.137 e. The second-order valence-electron chi connectivity index (χ2n) is 4.56. The van der Waals surface area contributed by atoms with Crippen LogP contribution in [0.2, 0.25) is 10.0 Å². The maximum Gasteiger partial charge on any atom is 0.137 e. The third-order valence-corrected chi connectivity index (χ3v) is 5.06. The highest BCUT2D eigenvalue weighted by Crippen LogP contribution is 2.32. The van der Waals surface area contributed by atoms with Gasteiger partial charge in [0.1, 0.15) is 5.75 Å². The molecule has 0 bridgehead atoms. The topological polar surface area (TPSA) is 21.3 Å². The summed E-state index contributed by atoms with van der Waals surface area (Å²) >= 11 is 14.7. The van der Waals surface area contributed by atoms with E-state index < -0.39 is 0 Å². The molecule has 0 spiro atoms. The van der Waals surface area contributed by atoms with Gasteiger partial charge >= 0.3 is 0 Å². The first kappa shape index (κ1) is 16.9. The predicted octanol–water partition coefficient (Wildman–Crippen LogP) is 5.31. The van der Waals surface area contributed by atoms with Crippen molar-refractivity contribution in [2.75, 3.05) is 13.7 Å². The first-order valence-electron chi connectivity index (χ1n) is 6.58. The van der Waals surface area contributed by atoms with Crippen molar-refractivity contribution in [1.29, 1.82) is 0 Å². The Balaban J connectivity index is 2.42. The van der Waals surface area contributed by atoms with Crippen LogP contribution in [-0.4, -0.2) is 13.7 Å². The quantitative estimate of drug-likeness (QED) is 0.643. The highest BCUT2D eigenvalue weighted by atomic mass is 127. The van der Waals surface area contributed by atoms with Gasteiger partial charge in [0.15, 0.2) is 0 Å². The summed E-state index contributed by atoms with van der Waals surface area (Å²) in [7, 11) is 1.61. The second kappa shape index (κ2) is 7.68. The number of halogens is 3.